The Morgan fingerprint density at radius 1 is 1.05 bits per heavy atom. The number of thioether (sulfide) groups is 1. The summed E-state index contributed by atoms with van der Waals surface area (Å²) in [6.45, 7) is 6.29. The molecule has 3 N–H and O–H groups in total. The summed E-state index contributed by atoms with van der Waals surface area (Å²) in [5.41, 5.74) is 1.93. The number of aryl methyl sites for hydroxylation is 1. The zero-order valence-corrected chi connectivity index (χ0v) is 14.6. The monoisotopic (exact) mass is 345 g/mol. The number of carbonyl (C=O) groups is 2. The summed E-state index contributed by atoms with van der Waals surface area (Å²) in [5, 5.41) is 8.72. The van der Waals surface area contributed by atoms with Gasteiger partial charge in [0.1, 0.15) is 0 Å². The molecule has 1 rings (SSSR count). The Morgan fingerprint density at radius 3 is 2.32 bits per heavy atom. The van der Waals surface area contributed by atoms with Crippen LogP contribution in [0, 0.1) is 6.92 Å². The number of hydrogen-bond donors (Lipinski definition) is 3. The van der Waals surface area contributed by atoms with Gasteiger partial charge in [-0.25, -0.2) is 0 Å². The molecule has 0 radical (unpaired) electrons. The number of rotatable bonds is 9. The number of amides is 2. The summed E-state index contributed by atoms with van der Waals surface area (Å²) in [6.07, 6.45) is 0. The third kappa shape index (κ3) is 9.65. The van der Waals surface area contributed by atoms with Crippen molar-refractivity contribution in [2.75, 3.05) is 36.5 Å². The first-order chi connectivity index (χ1) is 10.1. The van der Waals surface area contributed by atoms with E-state index < -0.39 is 0 Å². The van der Waals surface area contributed by atoms with E-state index in [1.54, 1.807) is 0 Å². The fourth-order valence-corrected chi connectivity index (χ4v) is 2.24. The van der Waals surface area contributed by atoms with E-state index in [2.05, 4.69) is 16.0 Å². The predicted octanol–water partition coefficient (Wildman–Crippen LogP) is 1.81. The van der Waals surface area contributed by atoms with Crippen molar-refractivity contribution in [2.24, 2.45) is 0 Å². The van der Waals surface area contributed by atoms with Gasteiger partial charge in [-0.05, 0) is 25.6 Å². The molecule has 7 heteroatoms. The Balaban J connectivity index is 0.00000441. The molecule has 22 heavy (non-hydrogen) atoms. The highest BCUT2D eigenvalue weighted by Crippen LogP contribution is 2.09. The molecule has 0 atom stereocenters. The van der Waals surface area contributed by atoms with Crippen LogP contribution in [-0.4, -0.2) is 43.0 Å². The highest BCUT2D eigenvalue weighted by atomic mass is 35.5. The molecule has 0 bridgehead atoms. The molecule has 124 valence electrons. The average Bonchev–Trinajstić information content (AvgIpc) is 2.46. The summed E-state index contributed by atoms with van der Waals surface area (Å²) >= 11 is 1.31. The van der Waals surface area contributed by atoms with Crippen molar-refractivity contribution in [1.29, 1.82) is 0 Å². The molecule has 0 aliphatic heterocycles. The van der Waals surface area contributed by atoms with Crippen LogP contribution in [0.25, 0.3) is 0 Å². The molecule has 0 aromatic heterocycles. The second-order valence-electron chi connectivity index (χ2n) is 4.61. The first-order valence-corrected chi connectivity index (χ1v) is 8.19. The molecule has 0 saturated carbocycles. The number of nitrogens with one attached hydrogen (secondary N) is 3. The Kier molecular flexibility index (Phi) is 11.6. The van der Waals surface area contributed by atoms with Crippen molar-refractivity contribution in [1.82, 2.24) is 10.6 Å². The van der Waals surface area contributed by atoms with Crippen molar-refractivity contribution in [3.05, 3.63) is 29.8 Å². The molecule has 0 heterocycles. The second kappa shape index (κ2) is 12.3. The number of halogens is 1. The first kappa shape index (κ1) is 20.8. The SMILES string of the molecule is CCNCCNC(=O)CSCC(=O)Nc1ccc(C)cc1.Cl. The number of anilines is 1. The standard InChI is InChI=1S/C15H23N3O2S.ClH/c1-3-16-8-9-17-14(19)10-21-11-15(20)18-13-6-4-12(2)5-7-13;/h4-7,16H,3,8-11H2,1-2H3,(H,17,19)(H,18,20);1H. The smallest absolute Gasteiger partial charge is 0.234 e. The van der Waals surface area contributed by atoms with Gasteiger partial charge in [-0.15, -0.1) is 24.2 Å². The van der Waals surface area contributed by atoms with Crippen LogP contribution >= 0.6 is 24.2 Å². The number of hydrogen-bond acceptors (Lipinski definition) is 4. The zero-order valence-electron chi connectivity index (χ0n) is 13.0. The van der Waals surface area contributed by atoms with Crippen LogP contribution in [0.4, 0.5) is 5.69 Å². The van der Waals surface area contributed by atoms with E-state index in [-0.39, 0.29) is 30.0 Å². The molecule has 0 saturated heterocycles. The van der Waals surface area contributed by atoms with Gasteiger partial charge < -0.3 is 16.0 Å². The quantitative estimate of drug-likeness (QED) is 0.597. The fraction of sp³-hybridized carbons (Fsp3) is 0.467. The van der Waals surface area contributed by atoms with Crippen LogP contribution in [-0.2, 0) is 9.59 Å². The van der Waals surface area contributed by atoms with E-state index in [9.17, 15) is 9.59 Å². The van der Waals surface area contributed by atoms with Crippen molar-refractivity contribution < 1.29 is 9.59 Å². The van der Waals surface area contributed by atoms with Gasteiger partial charge in [-0.1, -0.05) is 24.6 Å². The van der Waals surface area contributed by atoms with E-state index in [0.717, 1.165) is 24.3 Å². The predicted molar refractivity (Wildman–Crippen MR) is 95.9 cm³/mol. The Morgan fingerprint density at radius 2 is 1.68 bits per heavy atom. The van der Waals surface area contributed by atoms with Crippen molar-refractivity contribution >= 4 is 41.7 Å². The van der Waals surface area contributed by atoms with Crippen LogP contribution < -0.4 is 16.0 Å². The molecule has 0 aliphatic carbocycles. The Bertz CT molecular complexity index is 455. The minimum absolute atomic E-state index is 0. The molecular formula is C15H24ClN3O2S. The lowest BCUT2D eigenvalue weighted by Gasteiger charge is -2.06. The number of likely N-dealkylation sites (N-methyl/N-ethyl adjacent to an activating group) is 1. The first-order valence-electron chi connectivity index (χ1n) is 7.03. The number of benzene rings is 1. The van der Waals surface area contributed by atoms with Crippen molar-refractivity contribution in [3.63, 3.8) is 0 Å². The van der Waals surface area contributed by atoms with Crippen molar-refractivity contribution in [3.8, 4) is 0 Å². The van der Waals surface area contributed by atoms with E-state index in [1.165, 1.54) is 11.8 Å². The van der Waals surface area contributed by atoms with Crippen molar-refractivity contribution in [2.45, 2.75) is 13.8 Å². The molecule has 0 unspecified atom stereocenters. The van der Waals surface area contributed by atoms with Gasteiger partial charge in [0.15, 0.2) is 0 Å². The lowest BCUT2D eigenvalue weighted by atomic mass is 10.2. The van der Waals surface area contributed by atoms with Crippen LogP contribution in [0.5, 0.6) is 0 Å². The minimum Gasteiger partial charge on any atom is -0.354 e. The van der Waals surface area contributed by atoms with Crippen LogP contribution in [0.3, 0.4) is 0 Å². The van der Waals surface area contributed by atoms with E-state index in [1.807, 2.05) is 38.1 Å². The van der Waals surface area contributed by atoms with Crippen LogP contribution in [0.2, 0.25) is 0 Å². The largest absolute Gasteiger partial charge is 0.354 e. The molecule has 0 aliphatic rings. The van der Waals surface area contributed by atoms with Gasteiger partial charge in [0.05, 0.1) is 11.5 Å². The van der Waals surface area contributed by atoms with Gasteiger partial charge in [-0.3, -0.25) is 9.59 Å². The molecule has 2 amide bonds. The van der Waals surface area contributed by atoms with E-state index in [4.69, 9.17) is 0 Å². The van der Waals surface area contributed by atoms with Gasteiger partial charge >= 0.3 is 0 Å². The number of carbonyl (C=O) groups excluding carboxylic acids is 2. The molecule has 1 aromatic carbocycles. The topological polar surface area (TPSA) is 70.2 Å². The summed E-state index contributed by atoms with van der Waals surface area (Å²) < 4.78 is 0. The fourth-order valence-electron chi connectivity index (χ4n) is 1.59. The Labute approximate surface area is 142 Å². The van der Waals surface area contributed by atoms with Crippen LogP contribution in [0.15, 0.2) is 24.3 Å². The highest BCUT2D eigenvalue weighted by molar-refractivity contribution is 8.00. The summed E-state index contributed by atoms with van der Waals surface area (Å²) in [4.78, 5) is 23.2. The summed E-state index contributed by atoms with van der Waals surface area (Å²) in [6, 6.07) is 7.62. The highest BCUT2D eigenvalue weighted by Gasteiger charge is 2.05. The lowest BCUT2D eigenvalue weighted by molar-refractivity contribution is -0.118. The maximum Gasteiger partial charge on any atom is 0.234 e. The van der Waals surface area contributed by atoms with E-state index >= 15 is 0 Å². The summed E-state index contributed by atoms with van der Waals surface area (Å²) in [5.74, 6) is 0.437. The molecule has 5 nitrogen and oxygen atoms in total. The van der Waals surface area contributed by atoms with Gasteiger partial charge in [0, 0.05) is 18.8 Å². The molecule has 1 aromatic rings. The zero-order chi connectivity index (χ0) is 15.5. The van der Waals surface area contributed by atoms with Gasteiger partial charge in [-0.2, -0.15) is 0 Å². The average molecular weight is 346 g/mol. The third-order valence-corrected chi connectivity index (χ3v) is 3.61. The third-order valence-electron chi connectivity index (χ3n) is 2.68. The second-order valence-corrected chi connectivity index (χ2v) is 5.60. The maximum absolute atomic E-state index is 11.7. The van der Waals surface area contributed by atoms with Crippen LogP contribution in [0.1, 0.15) is 12.5 Å². The molecule has 0 fully saturated rings. The van der Waals surface area contributed by atoms with Gasteiger partial charge in [0.25, 0.3) is 0 Å². The normalized spacial score (nSPS) is 9.73. The van der Waals surface area contributed by atoms with E-state index in [0.29, 0.717) is 12.3 Å². The lowest BCUT2D eigenvalue weighted by Crippen LogP contribution is -2.33. The maximum atomic E-state index is 11.7. The summed E-state index contributed by atoms with van der Waals surface area (Å²) in [7, 11) is 0. The molecule has 0 spiro atoms. The minimum atomic E-state index is -0.0932. The Hall–Kier alpha value is -1.24. The molecular weight excluding hydrogens is 322 g/mol. The van der Waals surface area contributed by atoms with Gasteiger partial charge in [0.2, 0.25) is 11.8 Å².